The Balaban J connectivity index is 1.20. The number of morpholine rings is 1. The molecule has 0 spiro atoms. The molecule has 31 heavy (non-hydrogen) atoms. The van der Waals surface area contributed by atoms with E-state index in [2.05, 4.69) is 44.7 Å². The Kier molecular flexibility index (Phi) is 4.94. The summed E-state index contributed by atoms with van der Waals surface area (Å²) in [5.74, 6) is 1.97. The number of para-hydroxylation sites is 1. The van der Waals surface area contributed by atoms with Gasteiger partial charge in [-0.3, -0.25) is 14.6 Å². The summed E-state index contributed by atoms with van der Waals surface area (Å²) in [6.07, 6.45) is 1.18. The van der Waals surface area contributed by atoms with Crippen molar-refractivity contribution in [3.05, 3.63) is 69.8 Å². The van der Waals surface area contributed by atoms with Crippen molar-refractivity contribution < 1.29 is 9.15 Å². The first-order chi connectivity index (χ1) is 15.2. The molecule has 6 heteroatoms. The first-order valence-electron chi connectivity index (χ1n) is 11.5. The Bertz CT molecular complexity index is 1110. The number of piperidine rings is 1. The molecule has 6 nitrogen and oxygen atoms in total. The van der Waals surface area contributed by atoms with Gasteiger partial charge in [-0.15, -0.1) is 0 Å². The molecule has 2 atom stereocenters. The van der Waals surface area contributed by atoms with E-state index in [1.807, 2.05) is 12.1 Å². The predicted octanol–water partition coefficient (Wildman–Crippen LogP) is 3.05. The van der Waals surface area contributed by atoms with Crippen LogP contribution in [0.25, 0.3) is 11.0 Å². The molecule has 0 saturated carbocycles. The molecule has 0 aliphatic carbocycles. The van der Waals surface area contributed by atoms with Gasteiger partial charge in [0.1, 0.15) is 11.3 Å². The fourth-order valence-corrected chi connectivity index (χ4v) is 5.67. The van der Waals surface area contributed by atoms with Crippen LogP contribution in [0.2, 0.25) is 0 Å². The number of benzene rings is 1. The fraction of sp³-hybridized carbons (Fsp3) is 0.480. The molecule has 0 N–H and O–H groups in total. The lowest BCUT2D eigenvalue weighted by Gasteiger charge is -2.42. The van der Waals surface area contributed by atoms with Crippen molar-refractivity contribution in [2.45, 2.75) is 32.0 Å². The zero-order valence-electron chi connectivity index (χ0n) is 17.8. The second kappa shape index (κ2) is 7.93. The van der Waals surface area contributed by atoms with Crippen LogP contribution >= 0.6 is 0 Å². The number of hydrogen-bond donors (Lipinski definition) is 0. The third kappa shape index (κ3) is 3.73. The third-order valence-corrected chi connectivity index (χ3v) is 7.11. The highest BCUT2D eigenvalue weighted by molar-refractivity contribution is 5.77. The van der Waals surface area contributed by atoms with Crippen molar-refractivity contribution in [1.29, 1.82) is 0 Å². The van der Waals surface area contributed by atoms with Crippen LogP contribution in [-0.4, -0.2) is 53.8 Å². The zero-order valence-corrected chi connectivity index (χ0v) is 17.8. The van der Waals surface area contributed by atoms with Crippen molar-refractivity contribution in [2.75, 3.05) is 39.4 Å². The van der Waals surface area contributed by atoms with Crippen LogP contribution in [0.4, 0.5) is 0 Å². The number of nitrogens with zero attached hydrogens (tertiary/aromatic N) is 3. The van der Waals surface area contributed by atoms with E-state index in [-0.39, 0.29) is 5.56 Å². The number of likely N-dealkylation sites (tertiary alicyclic amines) is 1. The Morgan fingerprint density at radius 2 is 1.81 bits per heavy atom. The second-order valence-electron chi connectivity index (χ2n) is 9.33. The van der Waals surface area contributed by atoms with Gasteiger partial charge in [0, 0.05) is 61.8 Å². The summed E-state index contributed by atoms with van der Waals surface area (Å²) in [5, 5.41) is 1.17. The highest BCUT2D eigenvalue weighted by Gasteiger charge is 2.35. The Hall–Kier alpha value is -2.41. The monoisotopic (exact) mass is 419 g/mol. The van der Waals surface area contributed by atoms with E-state index in [1.165, 1.54) is 17.5 Å². The number of aromatic nitrogens is 1. The van der Waals surface area contributed by atoms with Crippen LogP contribution in [0.1, 0.15) is 29.4 Å². The summed E-state index contributed by atoms with van der Waals surface area (Å²) in [6.45, 7) is 7.74. The maximum atomic E-state index is 13.3. The molecule has 3 aliphatic rings. The summed E-state index contributed by atoms with van der Waals surface area (Å²) in [4.78, 5) is 18.1. The Labute approximate surface area is 182 Å². The van der Waals surface area contributed by atoms with E-state index in [0.29, 0.717) is 11.8 Å². The normalized spacial score (nSPS) is 24.4. The van der Waals surface area contributed by atoms with Crippen molar-refractivity contribution in [3.63, 3.8) is 0 Å². The molecular weight excluding hydrogens is 390 g/mol. The van der Waals surface area contributed by atoms with Crippen molar-refractivity contribution in [2.24, 2.45) is 5.92 Å². The molecule has 3 aromatic rings. The number of hydrogen-bond acceptors (Lipinski definition) is 5. The van der Waals surface area contributed by atoms with Crippen molar-refractivity contribution in [3.8, 4) is 0 Å². The summed E-state index contributed by atoms with van der Waals surface area (Å²) >= 11 is 0. The molecular formula is C25H29N3O3. The number of rotatable bonds is 4. The Morgan fingerprint density at radius 1 is 0.935 bits per heavy atom. The SMILES string of the molecule is O=c1c(CN2CCOCC2)ccc2n1C[C@H]1C[C@@H]2CN(Cc2cc3ccccc3o2)C1. The average Bonchev–Trinajstić information content (AvgIpc) is 3.19. The van der Waals surface area contributed by atoms with E-state index < -0.39 is 0 Å². The lowest BCUT2D eigenvalue weighted by Crippen LogP contribution is -2.47. The van der Waals surface area contributed by atoms with Crippen LogP contribution in [-0.2, 0) is 24.4 Å². The summed E-state index contributed by atoms with van der Waals surface area (Å²) in [7, 11) is 0. The minimum atomic E-state index is 0.212. The largest absolute Gasteiger partial charge is 0.460 e. The summed E-state index contributed by atoms with van der Waals surface area (Å²) < 4.78 is 13.6. The van der Waals surface area contributed by atoms with Crippen molar-refractivity contribution in [1.82, 2.24) is 14.4 Å². The zero-order chi connectivity index (χ0) is 20.8. The molecule has 6 rings (SSSR count). The summed E-state index contributed by atoms with van der Waals surface area (Å²) in [6, 6.07) is 14.6. The number of ether oxygens (including phenoxy) is 1. The fourth-order valence-electron chi connectivity index (χ4n) is 5.67. The van der Waals surface area contributed by atoms with Gasteiger partial charge in [-0.1, -0.05) is 24.3 Å². The Morgan fingerprint density at radius 3 is 2.68 bits per heavy atom. The van der Waals surface area contributed by atoms with Crippen LogP contribution in [0.5, 0.6) is 0 Å². The van der Waals surface area contributed by atoms with Gasteiger partial charge in [-0.2, -0.15) is 0 Å². The quantitative estimate of drug-likeness (QED) is 0.651. The predicted molar refractivity (Wildman–Crippen MR) is 119 cm³/mol. The number of furan rings is 1. The van der Waals surface area contributed by atoms with Crippen LogP contribution in [0, 0.1) is 5.92 Å². The summed E-state index contributed by atoms with van der Waals surface area (Å²) in [5.41, 5.74) is 3.30. The standard InChI is InChI=1S/C25H29N3O3/c29-25-20(15-26-7-9-30-10-8-26)5-6-23-21-11-18(14-28(23)25)13-27(16-21)17-22-12-19-3-1-2-4-24(19)31-22/h1-6,12,18,21H,7-11,13-17H2/t18-,21+/m0/s1. The maximum absolute atomic E-state index is 13.3. The lowest BCUT2D eigenvalue weighted by molar-refractivity contribution is 0.0338. The molecule has 162 valence electrons. The highest BCUT2D eigenvalue weighted by atomic mass is 16.5. The minimum Gasteiger partial charge on any atom is -0.460 e. The van der Waals surface area contributed by atoms with E-state index in [9.17, 15) is 4.79 Å². The first-order valence-corrected chi connectivity index (χ1v) is 11.5. The number of pyridine rings is 1. The molecule has 2 saturated heterocycles. The van der Waals surface area contributed by atoms with E-state index in [0.717, 1.165) is 75.9 Å². The smallest absolute Gasteiger partial charge is 0.255 e. The van der Waals surface area contributed by atoms with E-state index in [4.69, 9.17) is 9.15 Å². The van der Waals surface area contributed by atoms with Crippen LogP contribution in [0.3, 0.4) is 0 Å². The maximum Gasteiger partial charge on any atom is 0.255 e. The van der Waals surface area contributed by atoms with Gasteiger partial charge >= 0.3 is 0 Å². The highest BCUT2D eigenvalue weighted by Crippen LogP contribution is 2.36. The van der Waals surface area contributed by atoms with Gasteiger partial charge in [-0.25, -0.2) is 0 Å². The molecule has 0 radical (unpaired) electrons. The second-order valence-corrected chi connectivity index (χ2v) is 9.33. The van der Waals surface area contributed by atoms with Gasteiger partial charge in [0.2, 0.25) is 0 Å². The molecule has 1 aromatic carbocycles. The van der Waals surface area contributed by atoms with E-state index >= 15 is 0 Å². The van der Waals surface area contributed by atoms with Gasteiger partial charge in [0.05, 0.1) is 19.8 Å². The van der Waals surface area contributed by atoms with Gasteiger partial charge in [0.15, 0.2) is 0 Å². The van der Waals surface area contributed by atoms with Gasteiger partial charge in [-0.05, 0) is 30.5 Å². The lowest BCUT2D eigenvalue weighted by atomic mass is 9.83. The molecule has 0 amide bonds. The topological polar surface area (TPSA) is 50.9 Å². The molecule has 2 aromatic heterocycles. The number of fused-ring (bicyclic) bond motifs is 5. The molecule has 2 bridgehead atoms. The van der Waals surface area contributed by atoms with Crippen molar-refractivity contribution >= 4 is 11.0 Å². The van der Waals surface area contributed by atoms with Crippen LogP contribution in [0.15, 0.2) is 51.7 Å². The molecule has 5 heterocycles. The van der Waals surface area contributed by atoms with Gasteiger partial charge in [0.25, 0.3) is 5.56 Å². The molecule has 0 unspecified atom stereocenters. The third-order valence-electron chi connectivity index (χ3n) is 7.11. The molecule has 3 aliphatic heterocycles. The minimum absolute atomic E-state index is 0.212. The molecule has 2 fully saturated rings. The first kappa shape index (κ1) is 19.3. The van der Waals surface area contributed by atoms with Crippen LogP contribution < -0.4 is 5.56 Å². The van der Waals surface area contributed by atoms with E-state index in [1.54, 1.807) is 0 Å². The van der Waals surface area contributed by atoms with Gasteiger partial charge < -0.3 is 13.7 Å². The average molecular weight is 420 g/mol.